The summed E-state index contributed by atoms with van der Waals surface area (Å²) in [5.41, 5.74) is 0. The summed E-state index contributed by atoms with van der Waals surface area (Å²) in [6.45, 7) is 2.27. The van der Waals surface area contributed by atoms with Crippen LogP contribution in [0, 0.1) is 5.92 Å². The number of hydrogen-bond acceptors (Lipinski definition) is 1. The predicted molar refractivity (Wildman–Crippen MR) is 74.0 cm³/mol. The largest absolute Gasteiger partial charge is 0.127 e. The van der Waals surface area contributed by atoms with Gasteiger partial charge in [-0.1, -0.05) is 22.9 Å². The van der Waals surface area contributed by atoms with Gasteiger partial charge in [0.05, 0.1) is 0 Å². The molecule has 1 unspecified atom stereocenters. The van der Waals surface area contributed by atoms with Crippen LogP contribution in [0.2, 0.25) is 0 Å². The van der Waals surface area contributed by atoms with Crippen LogP contribution in [0.4, 0.5) is 0 Å². The first-order valence-electron chi connectivity index (χ1n) is 5.16. The molecule has 0 amide bonds. The van der Waals surface area contributed by atoms with Gasteiger partial charge in [0, 0.05) is 15.2 Å². The molecule has 0 saturated heterocycles. The van der Waals surface area contributed by atoms with Gasteiger partial charge in [0.15, 0.2) is 0 Å². The van der Waals surface area contributed by atoms with Crippen LogP contribution in [0.3, 0.4) is 0 Å². The van der Waals surface area contributed by atoms with Crippen molar-refractivity contribution in [2.45, 2.75) is 24.7 Å². The molecule has 1 rings (SSSR count). The number of halogens is 2. The Kier molecular flexibility index (Phi) is 6.78. The van der Waals surface area contributed by atoms with Gasteiger partial charge in [-0.15, -0.1) is 23.4 Å². The molecular formula is C12H16BrClS. The van der Waals surface area contributed by atoms with Gasteiger partial charge in [0.25, 0.3) is 0 Å². The summed E-state index contributed by atoms with van der Waals surface area (Å²) in [6, 6.07) is 8.48. The lowest BCUT2D eigenvalue weighted by molar-refractivity contribution is 0.552. The van der Waals surface area contributed by atoms with Gasteiger partial charge in [-0.3, -0.25) is 0 Å². The Bertz CT molecular complexity index is 273. The quantitative estimate of drug-likeness (QED) is 0.514. The molecule has 0 fully saturated rings. The molecule has 0 nitrogen and oxygen atoms in total. The second-order valence-electron chi connectivity index (χ2n) is 3.67. The van der Waals surface area contributed by atoms with Gasteiger partial charge in [0.1, 0.15) is 0 Å². The van der Waals surface area contributed by atoms with E-state index < -0.39 is 0 Å². The Morgan fingerprint density at radius 3 is 2.53 bits per heavy atom. The fraction of sp³-hybridized carbons (Fsp3) is 0.500. The first-order chi connectivity index (χ1) is 7.22. The second kappa shape index (κ2) is 7.59. The van der Waals surface area contributed by atoms with Crippen molar-refractivity contribution in [1.29, 1.82) is 0 Å². The molecule has 0 radical (unpaired) electrons. The van der Waals surface area contributed by atoms with Crippen molar-refractivity contribution >= 4 is 39.3 Å². The highest BCUT2D eigenvalue weighted by Crippen LogP contribution is 2.23. The van der Waals surface area contributed by atoms with E-state index in [2.05, 4.69) is 47.1 Å². The van der Waals surface area contributed by atoms with Gasteiger partial charge in [-0.2, -0.15) is 0 Å². The molecule has 1 aromatic rings. The minimum Gasteiger partial charge on any atom is -0.127 e. The minimum atomic E-state index is 0.741. The van der Waals surface area contributed by atoms with Crippen LogP contribution in [0.1, 0.15) is 19.8 Å². The molecule has 0 spiro atoms. The monoisotopic (exact) mass is 306 g/mol. The molecule has 84 valence electrons. The van der Waals surface area contributed by atoms with Crippen LogP contribution in [-0.4, -0.2) is 11.6 Å². The SMILES string of the molecule is CC(CCCl)CCSc1ccc(Br)cc1. The molecule has 0 bridgehead atoms. The molecule has 0 heterocycles. The topological polar surface area (TPSA) is 0 Å². The highest BCUT2D eigenvalue weighted by molar-refractivity contribution is 9.10. The molecule has 0 aliphatic carbocycles. The lowest BCUT2D eigenvalue weighted by Crippen LogP contribution is -1.96. The number of rotatable bonds is 6. The maximum absolute atomic E-state index is 5.70. The first-order valence-corrected chi connectivity index (χ1v) is 7.48. The first kappa shape index (κ1) is 13.4. The van der Waals surface area contributed by atoms with Crippen molar-refractivity contribution in [3.63, 3.8) is 0 Å². The third-order valence-electron chi connectivity index (χ3n) is 2.29. The number of benzene rings is 1. The van der Waals surface area contributed by atoms with E-state index in [-0.39, 0.29) is 0 Å². The molecule has 0 aliphatic rings. The third kappa shape index (κ3) is 5.84. The average molecular weight is 308 g/mol. The lowest BCUT2D eigenvalue weighted by Gasteiger charge is -2.08. The Morgan fingerprint density at radius 2 is 1.93 bits per heavy atom. The van der Waals surface area contributed by atoms with Crippen LogP contribution in [0.5, 0.6) is 0 Å². The van der Waals surface area contributed by atoms with E-state index in [1.807, 2.05) is 11.8 Å². The zero-order chi connectivity index (χ0) is 11.1. The Labute approximate surface area is 110 Å². The summed E-state index contributed by atoms with van der Waals surface area (Å²) in [4.78, 5) is 1.34. The smallest absolute Gasteiger partial charge is 0.0225 e. The summed E-state index contributed by atoms with van der Waals surface area (Å²) in [7, 11) is 0. The number of hydrogen-bond donors (Lipinski definition) is 0. The van der Waals surface area contributed by atoms with Gasteiger partial charge in [-0.05, 0) is 48.8 Å². The lowest BCUT2D eigenvalue weighted by atomic mass is 10.1. The minimum absolute atomic E-state index is 0.741. The maximum Gasteiger partial charge on any atom is 0.0225 e. The zero-order valence-corrected chi connectivity index (χ0v) is 12.0. The van der Waals surface area contributed by atoms with Crippen LogP contribution in [0.25, 0.3) is 0 Å². The van der Waals surface area contributed by atoms with Gasteiger partial charge in [-0.25, -0.2) is 0 Å². The van der Waals surface area contributed by atoms with Gasteiger partial charge in [0.2, 0.25) is 0 Å². The van der Waals surface area contributed by atoms with E-state index in [1.165, 1.54) is 17.1 Å². The van der Waals surface area contributed by atoms with Crippen LogP contribution in [-0.2, 0) is 0 Å². The predicted octanol–water partition coefficient (Wildman–Crippen LogP) is 5.20. The Balaban J connectivity index is 2.22. The number of thioether (sulfide) groups is 1. The van der Waals surface area contributed by atoms with Gasteiger partial charge < -0.3 is 0 Å². The molecule has 0 N–H and O–H groups in total. The van der Waals surface area contributed by atoms with E-state index in [0.29, 0.717) is 0 Å². The van der Waals surface area contributed by atoms with Crippen LogP contribution in [0.15, 0.2) is 33.6 Å². The third-order valence-corrected chi connectivity index (χ3v) is 4.09. The van der Waals surface area contributed by atoms with Crippen molar-refractivity contribution in [3.8, 4) is 0 Å². The van der Waals surface area contributed by atoms with Crippen molar-refractivity contribution in [3.05, 3.63) is 28.7 Å². The van der Waals surface area contributed by atoms with Crippen molar-refractivity contribution < 1.29 is 0 Å². The van der Waals surface area contributed by atoms with Crippen molar-refractivity contribution in [2.75, 3.05) is 11.6 Å². The standard InChI is InChI=1S/C12H16BrClS/c1-10(6-8-14)7-9-15-12-4-2-11(13)3-5-12/h2-5,10H,6-9H2,1H3. The maximum atomic E-state index is 5.70. The van der Waals surface area contributed by atoms with Crippen molar-refractivity contribution in [1.82, 2.24) is 0 Å². The van der Waals surface area contributed by atoms with Gasteiger partial charge >= 0.3 is 0 Å². The van der Waals surface area contributed by atoms with E-state index in [4.69, 9.17) is 11.6 Å². The molecule has 1 atom stereocenters. The molecule has 3 heteroatoms. The molecule has 1 aromatic carbocycles. The Hall–Kier alpha value is 0.340. The molecule has 0 aromatic heterocycles. The zero-order valence-electron chi connectivity index (χ0n) is 8.88. The molecule has 0 aliphatic heterocycles. The summed E-state index contributed by atoms with van der Waals surface area (Å²) < 4.78 is 1.14. The number of alkyl halides is 1. The summed E-state index contributed by atoms with van der Waals surface area (Å²) in [6.07, 6.45) is 2.37. The Morgan fingerprint density at radius 1 is 1.27 bits per heavy atom. The van der Waals surface area contributed by atoms with E-state index >= 15 is 0 Å². The molecule has 0 saturated carbocycles. The van der Waals surface area contributed by atoms with Crippen molar-refractivity contribution in [2.24, 2.45) is 5.92 Å². The highest BCUT2D eigenvalue weighted by Gasteiger charge is 2.01. The molecular weight excluding hydrogens is 292 g/mol. The summed E-state index contributed by atoms with van der Waals surface area (Å²) in [5, 5.41) is 0. The average Bonchev–Trinajstić information content (AvgIpc) is 2.21. The normalized spacial score (nSPS) is 12.7. The van der Waals surface area contributed by atoms with E-state index in [1.54, 1.807) is 0 Å². The highest BCUT2D eigenvalue weighted by atomic mass is 79.9. The molecule has 15 heavy (non-hydrogen) atoms. The fourth-order valence-corrected chi connectivity index (χ4v) is 2.96. The van der Waals surface area contributed by atoms with E-state index in [0.717, 1.165) is 22.7 Å². The summed E-state index contributed by atoms with van der Waals surface area (Å²) in [5.74, 6) is 2.70. The van der Waals surface area contributed by atoms with Crippen LogP contribution >= 0.6 is 39.3 Å². The van der Waals surface area contributed by atoms with Crippen LogP contribution < -0.4 is 0 Å². The summed E-state index contributed by atoms with van der Waals surface area (Å²) >= 11 is 11.1. The van der Waals surface area contributed by atoms with E-state index in [9.17, 15) is 0 Å². The second-order valence-corrected chi connectivity index (χ2v) is 6.14. The fourth-order valence-electron chi connectivity index (χ4n) is 1.24.